The summed E-state index contributed by atoms with van der Waals surface area (Å²) >= 11 is 0. The Morgan fingerprint density at radius 1 is 0.615 bits per heavy atom. The standard InChI is InChI=1S/C43H80O9/c1-3-5-7-9-11-13-14-15-16-17-18-19-20-21-22-23-24-25-26-28-30-32-39(45)51-37(35-49-33-31-29-27-12-10-8-6-4-2)36-50-43-42(48)41(47)40(46)38(34-44)52-43/h14-15,17-18,37-38,40-44,46-48H,3-13,16,19-36H2,1-2H3/b15-14-,18-17-. The maximum Gasteiger partial charge on any atom is 0.306 e. The van der Waals surface area contributed by atoms with E-state index in [4.69, 9.17) is 18.9 Å². The van der Waals surface area contributed by atoms with E-state index in [-0.39, 0.29) is 19.2 Å². The number of aliphatic hydroxyl groups excluding tert-OH is 4. The van der Waals surface area contributed by atoms with Gasteiger partial charge in [0.25, 0.3) is 0 Å². The molecule has 9 heteroatoms. The maximum atomic E-state index is 12.7. The van der Waals surface area contributed by atoms with Crippen molar-refractivity contribution in [3.63, 3.8) is 0 Å². The van der Waals surface area contributed by atoms with Gasteiger partial charge < -0.3 is 39.4 Å². The van der Waals surface area contributed by atoms with Crippen molar-refractivity contribution in [2.75, 3.05) is 26.4 Å². The molecule has 6 atom stereocenters. The zero-order valence-electron chi connectivity index (χ0n) is 33.3. The molecule has 4 N–H and O–H groups in total. The summed E-state index contributed by atoms with van der Waals surface area (Å²) in [6.07, 6.45) is 32.1. The number of hydrogen-bond acceptors (Lipinski definition) is 9. The molecule has 0 amide bonds. The van der Waals surface area contributed by atoms with Gasteiger partial charge in [0.1, 0.15) is 30.5 Å². The Morgan fingerprint density at radius 3 is 1.65 bits per heavy atom. The lowest BCUT2D eigenvalue weighted by molar-refractivity contribution is -0.305. The molecule has 6 unspecified atom stereocenters. The van der Waals surface area contributed by atoms with Crippen LogP contribution in [-0.2, 0) is 23.7 Å². The molecule has 0 aliphatic carbocycles. The molecule has 0 saturated carbocycles. The van der Waals surface area contributed by atoms with Crippen LogP contribution in [0, 0.1) is 0 Å². The first kappa shape index (κ1) is 48.7. The second-order valence-electron chi connectivity index (χ2n) is 14.8. The highest BCUT2D eigenvalue weighted by atomic mass is 16.7. The highest BCUT2D eigenvalue weighted by Gasteiger charge is 2.44. The van der Waals surface area contributed by atoms with Crippen molar-refractivity contribution in [2.24, 2.45) is 0 Å². The largest absolute Gasteiger partial charge is 0.457 e. The van der Waals surface area contributed by atoms with Gasteiger partial charge in [-0.05, 0) is 44.9 Å². The fourth-order valence-electron chi connectivity index (χ4n) is 6.46. The molecule has 0 bridgehead atoms. The molecular weight excluding hydrogens is 660 g/mol. The smallest absolute Gasteiger partial charge is 0.306 e. The molecule has 0 spiro atoms. The predicted octanol–water partition coefficient (Wildman–Crippen LogP) is 9.03. The van der Waals surface area contributed by atoms with Gasteiger partial charge in [-0.3, -0.25) is 4.79 Å². The molecule has 306 valence electrons. The van der Waals surface area contributed by atoms with E-state index in [1.807, 2.05) is 0 Å². The van der Waals surface area contributed by atoms with Crippen molar-refractivity contribution in [2.45, 2.75) is 218 Å². The normalized spacial score (nSPS) is 21.4. The minimum atomic E-state index is -1.53. The fourth-order valence-corrected chi connectivity index (χ4v) is 6.46. The summed E-state index contributed by atoms with van der Waals surface area (Å²) in [5, 5.41) is 39.9. The Labute approximate surface area is 317 Å². The van der Waals surface area contributed by atoms with Crippen LogP contribution in [0.1, 0.15) is 181 Å². The molecule has 9 nitrogen and oxygen atoms in total. The molecule has 1 heterocycles. The SMILES string of the molecule is CCCCCCC/C=C\C/C=C\CCCCCCCCCCCC(=O)OC(COCCCCCCCCCC)COC1OC(CO)C(O)C(O)C1O. The molecule has 1 fully saturated rings. The average Bonchev–Trinajstić information content (AvgIpc) is 3.14. The van der Waals surface area contributed by atoms with Crippen LogP contribution in [0.25, 0.3) is 0 Å². The second kappa shape index (κ2) is 35.4. The number of hydrogen-bond donors (Lipinski definition) is 4. The average molecular weight is 741 g/mol. The fraction of sp³-hybridized carbons (Fsp3) is 0.884. The molecule has 1 aliphatic rings. The lowest BCUT2D eigenvalue weighted by atomic mass is 9.99. The van der Waals surface area contributed by atoms with Crippen molar-refractivity contribution in [1.29, 1.82) is 0 Å². The summed E-state index contributed by atoms with van der Waals surface area (Å²) in [5.41, 5.74) is 0. The van der Waals surface area contributed by atoms with E-state index < -0.39 is 43.4 Å². The van der Waals surface area contributed by atoms with Crippen molar-refractivity contribution in [1.82, 2.24) is 0 Å². The van der Waals surface area contributed by atoms with Gasteiger partial charge in [0.05, 0.1) is 19.8 Å². The van der Waals surface area contributed by atoms with Crippen LogP contribution >= 0.6 is 0 Å². The van der Waals surface area contributed by atoms with Crippen molar-refractivity contribution < 1.29 is 44.2 Å². The molecule has 0 radical (unpaired) electrons. The number of carbonyl (C=O) groups is 1. The van der Waals surface area contributed by atoms with Gasteiger partial charge in [-0.15, -0.1) is 0 Å². The van der Waals surface area contributed by atoms with Gasteiger partial charge in [0, 0.05) is 13.0 Å². The third-order valence-corrected chi connectivity index (χ3v) is 9.87. The van der Waals surface area contributed by atoms with Gasteiger partial charge in [0.15, 0.2) is 6.29 Å². The maximum absolute atomic E-state index is 12.7. The zero-order chi connectivity index (χ0) is 37.9. The minimum Gasteiger partial charge on any atom is -0.457 e. The Bertz CT molecular complexity index is 848. The van der Waals surface area contributed by atoms with Crippen molar-refractivity contribution in [3.05, 3.63) is 24.3 Å². The van der Waals surface area contributed by atoms with Gasteiger partial charge in [-0.25, -0.2) is 0 Å². The predicted molar refractivity (Wildman–Crippen MR) is 210 cm³/mol. The van der Waals surface area contributed by atoms with E-state index in [1.165, 1.54) is 122 Å². The lowest BCUT2D eigenvalue weighted by Crippen LogP contribution is -2.59. The van der Waals surface area contributed by atoms with Crippen molar-refractivity contribution in [3.8, 4) is 0 Å². The summed E-state index contributed by atoms with van der Waals surface area (Å²) in [6.45, 7) is 4.52. The van der Waals surface area contributed by atoms with Gasteiger partial charge in [-0.2, -0.15) is 0 Å². The molecule has 0 aromatic rings. The Balaban J connectivity index is 2.21. The zero-order valence-corrected chi connectivity index (χ0v) is 33.3. The van der Waals surface area contributed by atoms with Crippen LogP contribution in [0.2, 0.25) is 0 Å². The monoisotopic (exact) mass is 741 g/mol. The summed E-state index contributed by atoms with van der Waals surface area (Å²) in [4.78, 5) is 12.7. The Hall–Kier alpha value is -1.33. The Kier molecular flexibility index (Phi) is 33.1. The lowest BCUT2D eigenvalue weighted by Gasteiger charge is -2.39. The summed E-state index contributed by atoms with van der Waals surface area (Å²) in [6, 6.07) is 0. The van der Waals surface area contributed by atoms with Gasteiger partial charge in [0.2, 0.25) is 0 Å². The first-order chi connectivity index (χ1) is 25.4. The summed E-state index contributed by atoms with van der Waals surface area (Å²) in [5.74, 6) is -0.319. The van der Waals surface area contributed by atoms with E-state index in [1.54, 1.807) is 0 Å². The van der Waals surface area contributed by atoms with Crippen LogP contribution in [0.3, 0.4) is 0 Å². The van der Waals surface area contributed by atoms with E-state index in [9.17, 15) is 25.2 Å². The molecule has 1 aliphatic heterocycles. The number of rotatable bonds is 36. The van der Waals surface area contributed by atoms with Gasteiger partial charge in [-0.1, -0.05) is 154 Å². The molecule has 0 aromatic heterocycles. The number of allylic oxidation sites excluding steroid dienone is 4. The first-order valence-electron chi connectivity index (χ1n) is 21.4. The van der Waals surface area contributed by atoms with E-state index in [2.05, 4.69) is 38.2 Å². The molecule has 1 rings (SSSR count). The molecule has 0 aromatic carbocycles. The third kappa shape index (κ3) is 26.4. The van der Waals surface area contributed by atoms with Crippen LogP contribution in [0.4, 0.5) is 0 Å². The Morgan fingerprint density at radius 2 is 1.12 bits per heavy atom. The van der Waals surface area contributed by atoms with Crippen LogP contribution in [0.15, 0.2) is 24.3 Å². The third-order valence-electron chi connectivity index (χ3n) is 9.87. The number of carbonyl (C=O) groups excluding carboxylic acids is 1. The molecule has 1 saturated heterocycles. The number of esters is 1. The van der Waals surface area contributed by atoms with Crippen molar-refractivity contribution >= 4 is 5.97 Å². The second-order valence-corrected chi connectivity index (χ2v) is 14.8. The van der Waals surface area contributed by atoms with Crippen LogP contribution in [0.5, 0.6) is 0 Å². The quantitative estimate of drug-likeness (QED) is 0.0282. The summed E-state index contributed by atoms with van der Waals surface area (Å²) < 4.78 is 22.7. The number of aliphatic hydroxyl groups is 4. The number of ether oxygens (including phenoxy) is 4. The minimum absolute atomic E-state index is 0.112. The first-order valence-corrected chi connectivity index (χ1v) is 21.4. The molecule has 52 heavy (non-hydrogen) atoms. The van der Waals surface area contributed by atoms with Crippen LogP contribution in [-0.4, -0.2) is 89.6 Å². The van der Waals surface area contributed by atoms with Gasteiger partial charge >= 0.3 is 5.97 Å². The highest BCUT2D eigenvalue weighted by Crippen LogP contribution is 2.22. The van der Waals surface area contributed by atoms with E-state index in [0.29, 0.717) is 13.0 Å². The topological polar surface area (TPSA) is 135 Å². The van der Waals surface area contributed by atoms with Crippen LogP contribution < -0.4 is 0 Å². The van der Waals surface area contributed by atoms with E-state index >= 15 is 0 Å². The number of unbranched alkanes of at least 4 members (excludes halogenated alkanes) is 21. The molecular formula is C43H80O9. The highest BCUT2D eigenvalue weighted by molar-refractivity contribution is 5.69. The van der Waals surface area contributed by atoms with E-state index in [0.717, 1.165) is 38.5 Å². The summed E-state index contributed by atoms with van der Waals surface area (Å²) in [7, 11) is 0.